The second-order valence-electron chi connectivity index (χ2n) is 4.20. The van der Waals surface area contributed by atoms with Crippen LogP contribution in [0.4, 0.5) is 5.69 Å². The van der Waals surface area contributed by atoms with Gasteiger partial charge in [0.2, 0.25) is 6.79 Å². The summed E-state index contributed by atoms with van der Waals surface area (Å²) in [6, 6.07) is 7.91. The molecule has 0 saturated heterocycles. The number of fused-ring (bicyclic) bond motifs is 1. The third-order valence-electron chi connectivity index (χ3n) is 2.99. The van der Waals surface area contributed by atoms with Crippen LogP contribution in [0.25, 0.3) is 0 Å². The Bertz CT molecular complexity index is 569. The van der Waals surface area contributed by atoms with E-state index in [0.29, 0.717) is 13.3 Å². The van der Waals surface area contributed by atoms with Crippen molar-refractivity contribution < 1.29 is 9.47 Å². The topological polar surface area (TPSA) is 43.4 Å². The second kappa shape index (κ2) is 4.56. The summed E-state index contributed by atoms with van der Waals surface area (Å²) in [6.07, 6.45) is 3.62. The van der Waals surface area contributed by atoms with Crippen molar-refractivity contribution in [2.45, 2.75) is 13.5 Å². The molecule has 0 unspecified atom stereocenters. The van der Waals surface area contributed by atoms with Gasteiger partial charge in [0, 0.05) is 18.3 Å². The average Bonchev–Trinajstić information content (AvgIpc) is 2.86. The van der Waals surface area contributed by atoms with Gasteiger partial charge in [0.05, 0.1) is 11.9 Å². The summed E-state index contributed by atoms with van der Waals surface area (Å²) in [5.41, 5.74) is 3.30. The Kier molecular flexibility index (Phi) is 2.76. The number of anilines is 1. The zero-order chi connectivity index (χ0) is 12.4. The predicted molar refractivity (Wildman–Crippen MR) is 68.9 cm³/mol. The Labute approximate surface area is 106 Å². The predicted octanol–water partition coefficient (Wildman–Crippen LogP) is 2.73. The van der Waals surface area contributed by atoms with E-state index >= 15 is 0 Å². The van der Waals surface area contributed by atoms with Gasteiger partial charge < -0.3 is 14.8 Å². The second-order valence-corrected chi connectivity index (χ2v) is 4.20. The van der Waals surface area contributed by atoms with Gasteiger partial charge in [0.25, 0.3) is 0 Å². The fourth-order valence-corrected chi connectivity index (χ4v) is 1.97. The van der Waals surface area contributed by atoms with Crippen molar-refractivity contribution in [2.75, 3.05) is 12.1 Å². The number of benzene rings is 1. The highest BCUT2D eigenvalue weighted by Crippen LogP contribution is 2.35. The lowest BCUT2D eigenvalue weighted by molar-refractivity contribution is 0.173. The number of pyridine rings is 1. The van der Waals surface area contributed by atoms with Crippen LogP contribution in [0.3, 0.4) is 0 Å². The summed E-state index contributed by atoms with van der Waals surface area (Å²) in [4.78, 5) is 4.11. The Hall–Kier alpha value is -2.23. The van der Waals surface area contributed by atoms with Gasteiger partial charge in [-0.3, -0.25) is 4.98 Å². The van der Waals surface area contributed by atoms with Crippen LogP contribution in [-0.2, 0) is 6.54 Å². The van der Waals surface area contributed by atoms with Gasteiger partial charge in [-0.15, -0.1) is 0 Å². The summed E-state index contributed by atoms with van der Waals surface area (Å²) in [5, 5.41) is 3.36. The molecule has 0 aliphatic carbocycles. The van der Waals surface area contributed by atoms with E-state index in [1.807, 2.05) is 30.5 Å². The largest absolute Gasteiger partial charge is 0.454 e. The number of rotatable bonds is 3. The maximum Gasteiger partial charge on any atom is 0.231 e. The molecule has 1 aliphatic heterocycles. The van der Waals surface area contributed by atoms with E-state index in [-0.39, 0.29) is 0 Å². The Morgan fingerprint density at radius 1 is 1.28 bits per heavy atom. The minimum Gasteiger partial charge on any atom is -0.454 e. The van der Waals surface area contributed by atoms with Crippen molar-refractivity contribution in [3.63, 3.8) is 0 Å². The Morgan fingerprint density at radius 2 is 2.22 bits per heavy atom. The normalized spacial score (nSPS) is 12.5. The molecule has 2 heterocycles. The van der Waals surface area contributed by atoms with Crippen LogP contribution in [0.2, 0.25) is 0 Å². The van der Waals surface area contributed by atoms with E-state index in [2.05, 4.69) is 17.2 Å². The first kappa shape index (κ1) is 10.9. The maximum absolute atomic E-state index is 5.47. The van der Waals surface area contributed by atoms with E-state index in [4.69, 9.17) is 9.47 Å². The van der Waals surface area contributed by atoms with Gasteiger partial charge >= 0.3 is 0 Å². The van der Waals surface area contributed by atoms with Crippen LogP contribution in [-0.4, -0.2) is 11.8 Å². The smallest absolute Gasteiger partial charge is 0.231 e. The minimum absolute atomic E-state index is 0.304. The van der Waals surface area contributed by atoms with Crippen LogP contribution in [0.1, 0.15) is 11.1 Å². The SMILES string of the molecule is Cc1ccncc1NCc1cccc2c1OCO2. The zero-order valence-electron chi connectivity index (χ0n) is 10.1. The molecule has 0 amide bonds. The summed E-state index contributed by atoms with van der Waals surface area (Å²) >= 11 is 0. The van der Waals surface area contributed by atoms with Crippen LogP contribution in [0.5, 0.6) is 11.5 Å². The average molecular weight is 242 g/mol. The molecular weight excluding hydrogens is 228 g/mol. The fourth-order valence-electron chi connectivity index (χ4n) is 1.97. The molecule has 1 aliphatic rings. The van der Waals surface area contributed by atoms with Crippen molar-refractivity contribution in [1.29, 1.82) is 0 Å². The molecule has 0 bridgehead atoms. The van der Waals surface area contributed by atoms with Crippen LogP contribution < -0.4 is 14.8 Å². The molecule has 4 heteroatoms. The lowest BCUT2D eigenvalue weighted by Gasteiger charge is -2.10. The highest BCUT2D eigenvalue weighted by molar-refractivity contribution is 5.52. The highest BCUT2D eigenvalue weighted by Gasteiger charge is 2.16. The van der Waals surface area contributed by atoms with Crippen molar-refractivity contribution in [1.82, 2.24) is 4.98 Å². The molecule has 0 fully saturated rings. The maximum atomic E-state index is 5.47. The van der Waals surface area contributed by atoms with Crippen LogP contribution in [0, 0.1) is 6.92 Å². The first-order valence-electron chi connectivity index (χ1n) is 5.86. The van der Waals surface area contributed by atoms with Crippen molar-refractivity contribution >= 4 is 5.69 Å². The van der Waals surface area contributed by atoms with E-state index in [9.17, 15) is 0 Å². The van der Waals surface area contributed by atoms with E-state index in [1.165, 1.54) is 5.56 Å². The molecule has 2 aromatic rings. The fraction of sp³-hybridized carbons (Fsp3) is 0.214. The van der Waals surface area contributed by atoms with Gasteiger partial charge in [-0.05, 0) is 24.6 Å². The molecule has 92 valence electrons. The molecule has 1 aromatic heterocycles. The Balaban J connectivity index is 1.78. The number of para-hydroxylation sites is 1. The number of nitrogens with zero attached hydrogens (tertiary/aromatic N) is 1. The molecule has 1 aromatic carbocycles. The lowest BCUT2D eigenvalue weighted by Crippen LogP contribution is -2.02. The molecule has 0 saturated carbocycles. The number of hydrogen-bond acceptors (Lipinski definition) is 4. The molecule has 3 rings (SSSR count). The van der Waals surface area contributed by atoms with Crippen molar-refractivity contribution in [3.05, 3.63) is 47.8 Å². The number of ether oxygens (including phenoxy) is 2. The number of aryl methyl sites for hydroxylation is 1. The summed E-state index contributed by atoms with van der Waals surface area (Å²) in [5.74, 6) is 1.66. The van der Waals surface area contributed by atoms with Gasteiger partial charge in [-0.1, -0.05) is 12.1 Å². The van der Waals surface area contributed by atoms with Crippen LogP contribution in [0.15, 0.2) is 36.7 Å². The molecule has 0 spiro atoms. The molecule has 0 radical (unpaired) electrons. The third-order valence-corrected chi connectivity index (χ3v) is 2.99. The monoisotopic (exact) mass is 242 g/mol. The minimum atomic E-state index is 0.304. The lowest BCUT2D eigenvalue weighted by atomic mass is 10.1. The molecule has 1 N–H and O–H groups in total. The first-order chi connectivity index (χ1) is 8.84. The van der Waals surface area contributed by atoms with Gasteiger partial charge in [0.15, 0.2) is 11.5 Å². The van der Waals surface area contributed by atoms with E-state index < -0.39 is 0 Å². The highest BCUT2D eigenvalue weighted by atomic mass is 16.7. The number of hydrogen-bond donors (Lipinski definition) is 1. The molecule has 0 atom stereocenters. The van der Waals surface area contributed by atoms with Gasteiger partial charge in [-0.2, -0.15) is 0 Å². The summed E-state index contributed by atoms with van der Waals surface area (Å²) in [7, 11) is 0. The summed E-state index contributed by atoms with van der Waals surface area (Å²) < 4.78 is 10.8. The number of nitrogens with one attached hydrogen (secondary N) is 1. The van der Waals surface area contributed by atoms with Crippen LogP contribution >= 0.6 is 0 Å². The molecular formula is C14H14N2O2. The van der Waals surface area contributed by atoms with E-state index in [0.717, 1.165) is 22.7 Å². The van der Waals surface area contributed by atoms with Crippen molar-refractivity contribution in [3.8, 4) is 11.5 Å². The quantitative estimate of drug-likeness (QED) is 0.898. The third kappa shape index (κ3) is 1.97. The van der Waals surface area contributed by atoms with E-state index in [1.54, 1.807) is 6.20 Å². The standard InChI is InChI=1S/C14H14N2O2/c1-10-5-6-15-8-12(10)16-7-11-3-2-4-13-14(11)18-9-17-13/h2-6,8,16H,7,9H2,1H3. The van der Waals surface area contributed by atoms with Gasteiger partial charge in [-0.25, -0.2) is 0 Å². The van der Waals surface area contributed by atoms with Gasteiger partial charge in [0.1, 0.15) is 0 Å². The Morgan fingerprint density at radius 3 is 3.11 bits per heavy atom. The first-order valence-corrected chi connectivity index (χ1v) is 5.86. The van der Waals surface area contributed by atoms with Crippen molar-refractivity contribution in [2.24, 2.45) is 0 Å². The molecule has 4 nitrogen and oxygen atoms in total. The number of aromatic nitrogens is 1. The molecule has 18 heavy (non-hydrogen) atoms. The zero-order valence-corrected chi connectivity index (χ0v) is 10.1. The summed E-state index contributed by atoms with van der Waals surface area (Å²) in [6.45, 7) is 3.05.